The highest BCUT2D eigenvalue weighted by molar-refractivity contribution is 7.80. The molecular weight excluding hydrogens is 260 g/mol. The number of nitrogens with one attached hydrogen (secondary N) is 1. The van der Waals surface area contributed by atoms with Gasteiger partial charge in [0.1, 0.15) is 0 Å². The lowest BCUT2D eigenvalue weighted by molar-refractivity contribution is -0.127. The molecule has 0 spiro atoms. The molecule has 2 fully saturated rings. The highest BCUT2D eigenvalue weighted by Crippen LogP contribution is 2.38. The zero-order valence-electron chi connectivity index (χ0n) is 11.5. The van der Waals surface area contributed by atoms with E-state index in [9.17, 15) is 4.79 Å². The fourth-order valence-electron chi connectivity index (χ4n) is 3.18. The van der Waals surface area contributed by atoms with Gasteiger partial charge in [-0.15, -0.1) is 0 Å². The molecule has 0 aromatic heterocycles. The van der Waals surface area contributed by atoms with E-state index < -0.39 is 5.41 Å². The first-order chi connectivity index (χ1) is 9.15. The van der Waals surface area contributed by atoms with Crippen LogP contribution >= 0.6 is 12.2 Å². The highest BCUT2D eigenvalue weighted by Gasteiger charge is 2.43. The number of carbonyl (C=O) groups excluding carboxylic acids is 1. The van der Waals surface area contributed by atoms with Gasteiger partial charge in [0.15, 0.2) is 0 Å². The van der Waals surface area contributed by atoms with Gasteiger partial charge in [-0.25, -0.2) is 0 Å². The SMILES string of the molecule is NC(=S)C1(C(=O)NCCOC2CCCC2)CCCC1. The normalized spacial score (nSPS) is 22.5. The summed E-state index contributed by atoms with van der Waals surface area (Å²) in [6, 6.07) is 0. The van der Waals surface area contributed by atoms with E-state index in [0.717, 1.165) is 38.5 Å². The molecule has 2 aliphatic carbocycles. The molecule has 0 bridgehead atoms. The number of carbonyl (C=O) groups is 1. The van der Waals surface area contributed by atoms with Crippen molar-refractivity contribution in [2.75, 3.05) is 13.2 Å². The van der Waals surface area contributed by atoms with Gasteiger partial charge in [0.2, 0.25) is 5.91 Å². The molecule has 5 heteroatoms. The minimum absolute atomic E-state index is 0.00692. The molecule has 0 radical (unpaired) electrons. The molecule has 0 saturated heterocycles. The monoisotopic (exact) mass is 284 g/mol. The predicted molar refractivity (Wildman–Crippen MR) is 78.9 cm³/mol. The third-order valence-electron chi connectivity index (χ3n) is 4.41. The van der Waals surface area contributed by atoms with Crippen molar-refractivity contribution in [1.82, 2.24) is 5.32 Å². The first kappa shape index (κ1) is 14.7. The van der Waals surface area contributed by atoms with Crippen LogP contribution in [0.3, 0.4) is 0 Å². The van der Waals surface area contributed by atoms with Crippen LogP contribution in [0.15, 0.2) is 0 Å². The quantitative estimate of drug-likeness (QED) is 0.577. The van der Waals surface area contributed by atoms with Crippen LogP contribution in [0.4, 0.5) is 0 Å². The van der Waals surface area contributed by atoms with Crippen molar-refractivity contribution < 1.29 is 9.53 Å². The Kier molecular flexibility index (Phi) is 5.16. The van der Waals surface area contributed by atoms with E-state index in [-0.39, 0.29) is 5.91 Å². The van der Waals surface area contributed by atoms with Crippen LogP contribution in [0.1, 0.15) is 51.4 Å². The number of thiocarbonyl (C=S) groups is 1. The Morgan fingerprint density at radius 3 is 2.47 bits per heavy atom. The summed E-state index contributed by atoms with van der Waals surface area (Å²) in [6.45, 7) is 1.14. The Morgan fingerprint density at radius 2 is 1.89 bits per heavy atom. The van der Waals surface area contributed by atoms with Crippen molar-refractivity contribution in [3.63, 3.8) is 0 Å². The summed E-state index contributed by atoms with van der Waals surface area (Å²) >= 11 is 5.10. The largest absolute Gasteiger partial charge is 0.392 e. The van der Waals surface area contributed by atoms with Crippen molar-refractivity contribution in [1.29, 1.82) is 0 Å². The summed E-state index contributed by atoms with van der Waals surface area (Å²) in [6.07, 6.45) is 8.88. The maximum absolute atomic E-state index is 12.3. The molecule has 1 amide bonds. The van der Waals surface area contributed by atoms with Gasteiger partial charge >= 0.3 is 0 Å². The molecule has 3 N–H and O–H groups in total. The number of hydrogen-bond acceptors (Lipinski definition) is 3. The Labute approximate surface area is 120 Å². The summed E-state index contributed by atoms with van der Waals surface area (Å²) in [5, 5.41) is 2.94. The number of nitrogens with two attached hydrogens (primary N) is 1. The van der Waals surface area contributed by atoms with Gasteiger partial charge in [-0.3, -0.25) is 4.79 Å². The minimum atomic E-state index is -0.595. The van der Waals surface area contributed by atoms with E-state index >= 15 is 0 Å². The molecule has 19 heavy (non-hydrogen) atoms. The molecule has 2 rings (SSSR count). The van der Waals surface area contributed by atoms with Gasteiger partial charge < -0.3 is 15.8 Å². The maximum atomic E-state index is 12.3. The summed E-state index contributed by atoms with van der Waals surface area (Å²) < 4.78 is 5.73. The molecule has 0 heterocycles. The zero-order chi connectivity index (χ0) is 13.7. The second kappa shape index (κ2) is 6.66. The number of ether oxygens (including phenoxy) is 1. The minimum Gasteiger partial charge on any atom is -0.392 e. The van der Waals surface area contributed by atoms with Crippen LogP contribution in [0.25, 0.3) is 0 Å². The van der Waals surface area contributed by atoms with Crippen LogP contribution in [-0.4, -0.2) is 30.2 Å². The Hall–Kier alpha value is -0.680. The molecule has 0 aliphatic heterocycles. The topological polar surface area (TPSA) is 64.4 Å². The van der Waals surface area contributed by atoms with E-state index in [2.05, 4.69) is 5.32 Å². The van der Waals surface area contributed by atoms with Crippen molar-refractivity contribution in [2.45, 2.75) is 57.5 Å². The number of rotatable bonds is 6. The maximum Gasteiger partial charge on any atom is 0.233 e. The van der Waals surface area contributed by atoms with Gasteiger partial charge in [-0.05, 0) is 25.7 Å². The number of amides is 1. The third-order valence-corrected chi connectivity index (χ3v) is 4.80. The third kappa shape index (κ3) is 3.45. The Bertz CT molecular complexity index is 334. The van der Waals surface area contributed by atoms with E-state index in [1.165, 1.54) is 12.8 Å². The molecule has 108 valence electrons. The van der Waals surface area contributed by atoms with Crippen molar-refractivity contribution in [3.05, 3.63) is 0 Å². The zero-order valence-corrected chi connectivity index (χ0v) is 12.3. The molecule has 0 aromatic carbocycles. The van der Waals surface area contributed by atoms with E-state index in [4.69, 9.17) is 22.7 Å². The van der Waals surface area contributed by atoms with E-state index in [0.29, 0.717) is 24.2 Å². The van der Waals surface area contributed by atoms with Gasteiger partial charge in [-0.1, -0.05) is 37.9 Å². The lowest BCUT2D eigenvalue weighted by atomic mass is 9.85. The second-order valence-electron chi connectivity index (χ2n) is 5.69. The number of hydrogen-bond donors (Lipinski definition) is 2. The second-order valence-corrected chi connectivity index (χ2v) is 6.13. The van der Waals surface area contributed by atoms with Crippen molar-refractivity contribution in [2.24, 2.45) is 11.1 Å². The van der Waals surface area contributed by atoms with Crippen LogP contribution in [0.2, 0.25) is 0 Å². The first-order valence-corrected chi connectivity index (χ1v) is 7.76. The average Bonchev–Trinajstić information content (AvgIpc) is 3.05. The predicted octanol–water partition coefficient (Wildman–Crippen LogP) is 1.91. The smallest absolute Gasteiger partial charge is 0.233 e. The summed E-state index contributed by atoms with van der Waals surface area (Å²) in [4.78, 5) is 12.6. The lowest BCUT2D eigenvalue weighted by Crippen LogP contribution is -2.48. The standard InChI is InChI=1S/C14H24N2O2S/c15-12(19)14(7-3-4-8-14)13(17)16-9-10-18-11-5-1-2-6-11/h11H,1-10H2,(H2,15,19)(H,16,17). The fraction of sp³-hybridized carbons (Fsp3) is 0.857. The molecule has 0 atom stereocenters. The van der Waals surface area contributed by atoms with Crippen LogP contribution in [0.5, 0.6) is 0 Å². The van der Waals surface area contributed by atoms with Crippen molar-refractivity contribution in [3.8, 4) is 0 Å². The van der Waals surface area contributed by atoms with E-state index in [1.807, 2.05) is 0 Å². The average molecular weight is 284 g/mol. The van der Waals surface area contributed by atoms with Crippen LogP contribution in [-0.2, 0) is 9.53 Å². The first-order valence-electron chi connectivity index (χ1n) is 7.35. The molecule has 2 saturated carbocycles. The van der Waals surface area contributed by atoms with Crippen molar-refractivity contribution >= 4 is 23.1 Å². The van der Waals surface area contributed by atoms with E-state index in [1.54, 1.807) is 0 Å². The Morgan fingerprint density at radius 1 is 1.26 bits per heavy atom. The molecule has 0 unspecified atom stereocenters. The highest BCUT2D eigenvalue weighted by atomic mass is 32.1. The lowest BCUT2D eigenvalue weighted by Gasteiger charge is -2.26. The fourth-order valence-corrected chi connectivity index (χ4v) is 3.48. The van der Waals surface area contributed by atoms with Gasteiger partial charge in [0.05, 0.1) is 23.1 Å². The molecule has 4 nitrogen and oxygen atoms in total. The van der Waals surface area contributed by atoms with Gasteiger partial charge in [0.25, 0.3) is 0 Å². The molecule has 0 aromatic rings. The summed E-state index contributed by atoms with van der Waals surface area (Å²) in [5.41, 5.74) is 5.18. The molecule has 2 aliphatic rings. The Balaban J connectivity index is 1.72. The van der Waals surface area contributed by atoms with Gasteiger partial charge in [0, 0.05) is 6.54 Å². The van der Waals surface area contributed by atoms with Crippen LogP contribution < -0.4 is 11.1 Å². The summed E-state index contributed by atoms with van der Waals surface area (Å²) in [5.74, 6) is -0.00692. The van der Waals surface area contributed by atoms with Gasteiger partial charge in [-0.2, -0.15) is 0 Å². The summed E-state index contributed by atoms with van der Waals surface area (Å²) in [7, 11) is 0. The molecular formula is C14H24N2O2S. The van der Waals surface area contributed by atoms with Crippen LogP contribution in [0, 0.1) is 5.41 Å².